The highest BCUT2D eigenvalue weighted by Crippen LogP contribution is 2.32. The van der Waals surface area contributed by atoms with Gasteiger partial charge in [0, 0.05) is 50.8 Å². The molecule has 1 aliphatic rings. The number of thiophene rings is 1. The number of aromatic amines is 1. The molecule has 2 aromatic heterocycles. The van der Waals surface area contributed by atoms with E-state index in [2.05, 4.69) is 9.71 Å². The van der Waals surface area contributed by atoms with Gasteiger partial charge in [-0.3, -0.25) is 4.90 Å². The van der Waals surface area contributed by atoms with Crippen molar-refractivity contribution < 1.29 is 17.4 Å². The van der Waals surface area contributed by atoms with Crippen LogP contribution in [0.25, 0.3) is 21.0 Å². The average molecular weight is 450 g/mol. The molecule has 1 aliphatic heterocycles. The van der Waals surface area contributed by atoms with Crippen molar-refractivity contribution in [1.29, 1.82) is 0 Å². The minimum absolute atomic E-state index is 0.249. The Morgan fingerprint density at radius 1 is 1.17 bits per heavy atom. The van der Waals surface area contributed by atoms with Crippen LogP contribution in [0.2, 0.25) is 0 Å². The van der Waals surface area contributed by atoms with Crippen molar-refractivity contribution in [3.05, 3.63) is 59.1 Å². The fraction of sp³-hybridized carbons (Fsp3) is 0.238. The molecule has 0 bridgehead atoms. The molecular weight excluding hydrogens is 431 g/mol. The highest BCUT2D eigenvalue weighted by molar-refractivity contribution is 7.86. The Kier molecular flexibility index (Phi) is 4.83. The minimum Gasteiger partial charge on any atom is -0.357 e. The Hall–Kier alpha value is -2.36. The zero-order valence-corrected chi connectivity index (χ0v) is 17.4. The van der Waals surface area contributed by atoms with E-state index >= 15 is 0 Å². The molecule has 1 unspecified atom stereocenters. The lowest BCUT2D eigenvalue weighted by atomic mass is 10.0. The Morgan fingerprint density at radius 3 is 2.83 bits per heavy atom. The molecule has 30 heavy (non-hydrogen) atoms. The van der Waals surface area contributed by atoms with Gasteiger partial charge in [0.15, 0.2) is 11.0 Å². The lowest BCUT2D eigenvalue weighted by Gasteiger charge is -2.27. The second-order valence-electron chi connectivity index (χ2n) is 7.39. The predicted molar refractivity (Wildman–Crippen MR) is 115 cm³/mol. The molecular formula is C21H18F3N3OS2. The van der Waals surface area contributed by atoms with Gasteiger partial charge in [0.25, 0.3) is 0 Å². The van der Waals surface area contributed by atoms with Gasteiger partial charge in [-0.05, 0) is 36.2 Å². The van der Waals surface area contributed by atoms with Crippen LogP contribution in [0, 0.1) is 0 Å². The fourth-order valence-corrected chi connectivity index (χ4v) is 6.22. The van der Waals surface area contributed by atoms with Gasteiger partial charge >= 0.3 is 6.18 Å². The van der Waals surface area contributed by atoms with Gasteiger partial charge in [0.05, 0.1) is 11.4 Å². The molecule has 0 saturated heterocycles. The zero-order chi connectivity index (χ0) is 20.9. The van der Waals surface area contributed by atoms with Crippen LogP contribution >= 0.6 is 11.3 Å². The highest BCUT2D eigenvalue weighted by Gasteiger charge is 2.33. The van der Waals surface area contributed by atoms with E-state index < -0.39 is 23.7 Å². The van der Waals surface area contributed by atoms with Gasteiger partial charge in [-0.1, -0.05) is 18.2 Å². The van der Waals surface area contributed by atoms with Crippen LogP contribution < -0.4 is 4.72 Å². The van der Waals surface area contributed by atoms with E-state index in [9.17, 15) is 17.4 Å². The van der Waals surface area contributed by atoms with Crippen molar-refractivity contribution in [3.8, 4) is 0 Å². The van der Waals surface area contributed by atoms with Crippen molar-refractivity contribution in [3.63, 3.8) is 0 Å². The van der Waals surface area contributed by atoms with Crippen molar-refractivity contribution in [2.24, 2.45) is 0 Å². The molecule has 2 aromatic carbocycles. The van der Waals surface area contributed by atoms with E-state index in [0.717, 1.165) is 42.8 Å². The number of rotatable bonds is 4. The summed E-state index contributed by atoms with van der Waals surface area (Å²) in [5.41, 5.74) is 3.46. The van der Waals surface area contributed by atoms with Crippen LogP contribution in [0.15, 0.2) is 52.7 Å². The first kappa shape index (κ1) is 19.6. The van der Waals surface area contributed by atoms with Crippen LogP contribution in [0.1, 0.15) is 11.3 Å². The summed E-state index contributed by atoms with van der Waals surface area (Å²) in [6.45, 7) is -0.286. The predicted octanol–water partition coefficient (Wildman–Crippen LogP) is 5.44. The summed E-state index contributed by atoms with van der Waals surface area (Å²) < 4.78 is 55.2. The zero-order valence-electron chi connectivity index (χ0n) is 15.8. The summed E-state index contributed by atoms with van der Waals surface area (Å²) in [5, 5.41) is 3.84. The molecule has 0 spiro atoms. The number of fused-ring (bicyclic) bond motifs is 4. The molecule has 1 atom stereocenters. The average Bonchev–Trinajstić information content (AvgIpc) is 3.27. The molecule has 2 N–H and O–H groups in total. The first-order valence-electron chi connectivity index (χ1n) is 9.45. The molecule has 0 aliphatic carbocycles. The molecule has 0 fully saturated rings. The first-order valence-corrected chi connectivity index (χ1v) is 11.5. The molecule has 3 heterocycles. The van der Waals surface area contributed by atoms with E-state index in [1.165, 1.54) is 4.90 Å². The van der Waals surface area contributed by atoms with E-state index in [1.54, 1.807) is 11.3 Å². The highest BCUT2D eigenvalue weighted by atomic mass is 32.2. The Balaban J connectivity index is 1.40. The van der Waals surface area contributed by atoms with Gasteiger partial charge in [-0.2, -0.15) is 13.2 Å². The lowest BCUT2D eigenvalue weighted by Crippen LogP contribution is -2.37. The SMILES string of the molecule is O=S(Nc1ccc2[nH]c3c(c2c1)CCN(CC(F)(F)F)C3)c1csc2ccccc12. The Morgan fingerprint density at radius 2 is 2.00 bits per heavy atom. The van der Waals surface area contributed by atoms with Gasteiger partial charge in [-0.25, -0.2) is 4.21 Å². The van der Waals surface area contributed by atoms with E-state index in [1.807, 2.05) is 47.8 Å². The summed E-state index contributed by atoms with van der Waals surface area (Å²) in [4.78, 5) is 5.41. The third-order valence-electron chi connectivity index (χ3n) is 5.31. The Labute approximate surface area is 177 Å². The van der Waals surface area contributed by atoms with Crippen LogP contribution in [0.4, 0.5) is 18.9 Å². The molecule has 5 rings (SSSR count). The number of anilines is 1. The van der Waals surface area contributed by atoms with Crippen molar-refractivity contribution >= 4 is 49.0 Å². The van der Waals surface area contributed by atoms with Crippen molar-refractivity contribution in [2.75, 3.05) is 17.8 Å². The maximum absolute atomic E-state index is 12.9. The number of nitrogens with one attached hydrogen (secondary N) is 2. The largest absolute Gasteiger partial charge is 0.401 e. The number of alkyl halides is 3. The number of hydrogen-bond acceptors (Lipinski definition) is 3. The second kappa shape index (κ2) is 7.40. The summed E-state index contributed by atoms with van der Waals surface area (Å²) >= 11 is 1.56. The third-order valence-corrected chi connectivity index (χ3v) is 7.58. The van der Waals surface area contributed by atoms with Gasteiger partial charge in [-0.15, -0.1) is 11.3 Å². The lowest BCUT2D eigenvalue weighted by molar-refractivity contribution is -0.147. The summed E-state index contributed by atoms with van der Waals surface area (Å²) in [5.74, 6) is 0. The second-order valence-corrected chi connectivity index (χ2v) is 9.48. The van der Waals surface area contributed by atoms with Crippen LogP contribution in [0.5, 0.6) is 0 Å². The molecule has 9 heteroatoms. The first-order chi connectivity index (χ1) is 14.4. The molecule has 0 radical (unpaired) electrons. The number of hydrogen-bond donors (Lipinski definition) is 2. The molecule has 4 aromatic rings. The quantitative estimate of drug-likeness (QED) is 0.436. The van der Waals surface area contributed by atoms with Gasteiger partial charge in [0.2, 0.25) is 0 Å². The van der Waals surface area contributed by atoms with Crippen LogP contribution in [-0.4, -0.2) is 33.4 Å². The summed E-state index contributed by atoms with van der Waals surface area (Å²) in [6.07, 6.45) is -3.65. The monoisotopic (exact) mass is 449 g/mol. The molecule has 156 valence electrons. The summed E-state index contributed by atoms with van der Waals surface area (Å²) in [7, 11) is -1.41. The topological polar surface area (TPSA) is 48.1 Å². The fourth-order valence-electron chi connectivity index (χ4n) is 4.01. The smallest absolute Gasteiger partial charge is 0.357 e. The number of nitrogens with zero attached hydrogens (tertiary/aromatic N) is 1. The van der Waals surface area contributed by atoms with Crippen LogP contribution in [-0.2, 0) is 24.0 Å². The number of halogens is 3. The van der Waals surface area contributed by atoms with Crippen LogP contribution in [0.3, 0.4) is 0 Å². The normalized spacial score (nSPS) is 16.1. The van der Waals surface area contributed by atoms with E-state index in [0.29, 0.717) is 13.0 Å². The summed E-state index contributed by atoms with van der Waals surface area (Å²) in [6, 6.07) is 13.5. The third kappa shape index (κ3) is 3.73. The molecule has 4 nitrogen and oxygen atoms in total. The standard InChI is InChI=1S/C21H18F3N3OS2/c22-21(23,24)12-27-8-7-14-16-9-13(5-6-17(16)25-18(14)10-27)26-30(28)20-11-29-19-4-2-1-3-15(19)20/h1-6,9,11,25-26H,7-8,10,12H2. The van der Waals surface area contributed by atoms with Gasteiger partial charge < -0.3 is 9.71 Å². The number of benzene rings is 2. The van der Waals surface area contributed by atoms with Crippen molar-refractivity contribution in [2.45, 2.75) is 24.0 Å². The van der Waals surface area contributed by atoms with E-state index in [4.69, 9.17) is 0 Å². The number of H-pyrrole nitrogens is 1. The Bertz CT molecular complexity index is 1260. The molecule has 0 saturated carbocycles. The number of aromatic nitrogens is 1. The van der Waals surface area contributed by atoms with Crippen molar-refractivity contribution in [1.82, 2.24) is 9.88 Å². The molecule has 0 amide bonds. The minimum atomic E-state index is -4.20. The van der Waals surface area contributed by atoms with E-state index in [-0.39, 0.29) is 6.54 Å². The maximum Gasteiger partial charge on any atom is 0.401 e. The van der Waals surface area contributed by atoms with Gasteiger partial charge in [0.1, 0.15) is 0 Å². The maximum atomic E-state index is 12.9.